The van der Waals surface area contributed by atoms with E-state index in [1.807, 2.05) is 0 Å². The summed E-state index contributed by atoms with van der Waals surface area (Å²) >= 11 is 0. The highest BCUT2D eigenvalue weighted by Crippen LogP contribution is 2.42. The summed E-state index contributed by atoms with van der Waals surface area (Å²) in [6.07, 6.45) is 50.9. The molecule has 0 radical (unpaired) electrons. The molecular formula is C48H90NO8P. The number of hydrogen-bond acceptors (Lipinski definition) is 7. The zero-order chi connectivity index (χ0) is 42.5. The van der Waals surface area contributed by atoms with E-state index in [-0.39, 0.29) is 32.1 Å². The van der Waals surface area contributed by atoms with Gasteiger partial charge >= 0.3 is 13.8 Å². The second-order valence-electron chi connectivity index (χ2n) is 16.1. The van der Waals surface area contributed by atoms with Gasteiger partial charge in [-0.3, -0.25) is 18.6 Å². The van der Waals surface area contributed by atoms with Crippen molar-refractivity contribution in [1.82, 2.24) is 5.32 Å². The highest BCUT2D eigenvalue weighted by Gasteiger charge is 2.23. The van der Waals surface area contributed by atoms with E-state index < -0.39 is 26.5 Å². The molecule has 58 heavy (non-hydrogen) atoms. The van der Waals surface area contributed by atoms with Crippen LogP contribution in [0.1, 0.15) is 226 Å². The first kappa shape index (κ1) is 56.2. The fraction of sp³-hybridized carbons (Fsp3) is 0.833. The number of phosphoric ester groups is 1. The molecule has 2 atom stereocenters. The Morgan fingerprint density at radius 3 is 1.48 bits per heavy atom. The summed E-state index contributed by atoms with van der Waals surface area (Å²) in [7, 11) is -4.42. The van der Waals surface area contributed by atoms with E-state index in [2.05, 4.69) is 55.6 Å². The Bertz CT molecular complexity index is 1050. The van der Waals surface area contributed by atoms with Crippen molar-refractivity contribution in [2.75, 3.05) is 26.4 Å². The van der Waals surface area contributed by atoms with Crippen molar-refractivity contribution in [2.45, 2.75) is 232 Å². The first-order chi connectivity index (χ1) is 28.3. The molecule has 2 unspecified atom stereocenters. The van der Waals surface area contributed by atoms with Gasteiger partial charge in [0.25, 0.3) is 0 Å². The third-order valence-corrected chi connectivity index (χ3v) is 11.3. The Hall–Kier alpha value is -1.77. The molecule has 1 amide bonds. The van der Waals surface area contributed by atoms with Crippen molar-refractivity contribution in [3.05, 3.63) is 36.5 Å². The standard InChI is InChI=1S/C48H90NO8P/c1-3-5-7-9-11-13-15-17-19-20-21-22-23-24-25-27-29-31-33-35-37-39-41-48(52)55-44-46(50)45-57-58(53,54)56-43-42-49-47(51)40-38-36-34-32-30-28-26-18-16-14-12-10-8-6-4-2/h6,8,12,14,18,26,46,50H,3-5,7,9-11,13,15-17,19-25,27-45H2,1-2H3,(H,49,51)(H,53,54)/b8-6-,14-12-,26-18-. The van der Waals surface area contributed by atoms with Gasteiger partial charge in [0.1, 0.15) is 12.7 Å². The lowest BCUT2D eigenvalue weighted by Crippen LogP contribution is -2.27. The Morgan fingerprint density at radius 1 is 0.552 bits per heavy atom. The number of allylic oxidation sites excluding steroid dienone is 6. The molecule has 0 saturated carbocycles. The van der Waals surface area contributed by atoms with Crippen LogP contribution in [-0.4, -0.2) is 54.3 Å². The van der Waals surface area contributed by atoms with Gasteiger partial charge in [-0.1, -0.05) is 204 Å². The van der Waals surface area contributed by atoms with E-state index in [0.717, 1.165) is 77.0 Å². The van der Waals surface area contributed by atoms with E-state index in [9.17, 15) is 24.2 Å². The number of nitrogens with one attached hydrogen (secondary N) is 1. The average molecular weight is 840 g/mol. The normalized spacial score (nSPS) is 13.5. The minimum atomic E-state index is -4.42. The highest BCUT2D eigenvalue weighted by atomic mass is 31.2. The van der Waals surface area contributed by atoms with Gasteiger partial charge in [0.05, 0.1) is 13.2 Å². The van der Waals surface area contributed by atoms with Crippen LogP contribution >= 0.6 is 7.82 Å². The molecule has 0 aromatic heterocycles. The minimum Gasteiger partial charge on any atom is -0.463 e. The first-order valence-electron chi connectivity index (χ1n) is 24.0. The topological polar surface area (TPSA) is 131 Å². The molecular weight excluding hydrogens is 750 g/mol. The molecule has 0 aliphatic carbocycles. The number of carbonyl (C=O) groups is 2. The summed E-state index contributed by atoms with van der Waals surface area (Å²) in [5.74, 6) is -0.527. The second-order valence-corrected chi connectivity index (χ2v) is 17.5. The molecule has 0 heterocycles. The first-order valence-corrected chi connectivity index (χ1v) is 25.5. The maximum Gasteiger partial charge on any atom is 0.472 e. The van der Waals surface area contributed by atoms with E-state index >= 15 is 0 Å². The Kier molecular flexibility index (Phi) is 43.4. The van der Waals surface area contributed by atoms with Crippen molar-refractivity contribution < 1.29 is 37.9 Å². The molecule has 0 aromatic rings. The van der Waals surface area contributed by atoms with E-state index in [0.29, 0.717) is 6.42 Å². The number of carbonyl (C=O) groups excluding carboxylic acids is 2. The molecule has 0 aliphatic heterocycles. The number of ether oxygens (including phenoxy) is 1. The lowest BCUT2D eigenvalue weighted by molar-refractivity contribution is -0.147. The maximum atomic E-state index is 12.1. The van der Waals surface area contributed by atoms with Crippen LogP contribution in [0.15, 0.2) is 36.5 Å². The van der Waals surface area contributed by atoms with Crippen LogP contribution < -0.4 is 5.32 Å². The van der Waals surface area contributed by atoms with Crippen molar-refractivity contribution in [1.29, 1.82) is 0 Å². The van der Waals surface area contributed by atoms with Crippen LogP contribution in [0, 0.1) is 0 Å². The molecule has 0 spiro atoms. The summed E-state index contributed by atoms with van der Waals surface area (Å²) in [5.41, 5.74) is 0. The number of aliphatic hydroxyl groups is 1. The molecule has 10 heteroatoms. The Labute approximate surface area is 356 Å². The fourth-order valence-corrected chi connectivity index (χ4v) is 7.51. The van der Waals surface area contributed by atoms with E-state index in [4.69, 9.17) is 13.8 Å². The average Bonchev–Trinajstić information content (AvgIpc) is 3.21. The Balaban J connectivity index is 3.55. The molecule has 0 fully saturated rings. The zero-order valence-corrected chi connectivity index (χ0v) is 38.4. The van der Waals surface area contributed by atoms with Gasteiger partial charge < -0.3 is 20.1 Å². The van der Waals surface area contributed by atoms with Crippen molar-refractivity contribution in [3.63, 3.8) is 0 Å². The number of aliphatic hydroxyl groups excluding tert-OH is 1. The number of hydrogen-bond donors (Lipinski definition) is 3. The quantitative estimate of drug-likeness (QED) is 0.0239. The van der Waals surface area contributed by atoms with Crippen LogP contribution in [0.2, 0.25) is 0 Å². The lowest BCUT2D eigenvalue weighted by atomic mass is 10.0. The van der Waals surface area contributed by atoms with Gasteiger partial charge in [0, 0.05) is 19.4 Å². The van der Waals surface area contributed by atoms with Gasteiger partial charge in [-0.05, 0) is 44.9 Å². The summed E-state index contributed by atoms with van der Waals surface area (Å²) in [6.45, 7) is 3.45. The van der Waals surface area contributed by atoms with Crippen LogP contribution in [0.25, 0.3) is 0 Å². The summed E-state index contributed by atoms with van der Waals surface area (Å²) in [5, 5.41) is 12.7. The van der Waals surface area contributed by atoms with Crippen LogP contribution in [0.4, 0.5) is 0 Å². The maximum absolute atomic E-state index is 12.1. The summed E-state index contributed by atoms with van der Waals surface area (Å²) in [4.78, 5) is 34.0. The SMILES string of the molecule is CC/C=C\C/C=C\C/C=C\CCCCCCCC(=O)NCCOP(=O)(O)OCC(O)COC(=O)CCCCCCCCCCCCCCCCCCCCCCCC. The van der Waals surface area contributed by atoms with Gasteiger partial charge in [0.15, 0.2) is 0 Å². The predicted octanol–water partition coefficient (Wildman–Crippen LogP) is 13.7. The number of amides is 1. The third-order valence-electron chi connectivity index (χ3n) is 10.3. The Morgan fingerprint density at radius 2 is 0.983 bits per heavy atom. The van der Waals surface area contributed by atoms with Crippen LogP contribution in [0.5, 0.6) is 0 Å². The molecule has 340 valence electrons. The van der Waals surface area contributed by atoms with Gasteiger partial charge in [-0.25, -0.2) is 4.57 Å². The molecule has 0 aromatic carbocycles. The van der Waals surface area contributed by atoms with E-state index in [1.54, 1.807) is 0 Å². The summed E-state index contributed by atoms with van der Waals surface area (Å²) < 4.78 is 26.9. The third kappa shape index (κ3) is 45.3. The monoisotopic (exact) mass is 840 g/mol. The summed E-state index contributed by atoms with van der Waals surface area (Å²) in [6, 6.07) is 0. The molecule has 0 saturated heterocycles. The van der Waals surface area contributed by atoms with E-state index in [1.165, 1.54) is 122 Å². The number of rotatable bonds is 45. The van der Waals surface area contributed by atoms with Crippen molar-refractivity contribution in [3.8, 4) is 0 Å². The second kappa shape index (κ2) is 44.8. The molecule has 0 rings (SSSR count). The fourth-order valence-electron chi connectivity index (χ4n) is 6.75. The van der Waals surface area contributed by atoms with Gasteiger partial charge in [-0.15, -0.1) is 0 Å². The molecule has 0 aliphatic rings. The van der Waals surface area contributed by atoms with Crippen molar-refractivity contribution >= 4 is 19.7 Å². The predicted molar refractivity (Wildman–Crippen MR) is 243 cm³/mol. The molecule has 0 bridgehead atoms. The minimum absolute atomic E-state index is 0.0729. The largest absolute Gasteiger partial charge is 0.472 e. The van der Waals surface area contributed by atoms with Gasteiger partial charge in [0.2, 0.25) is 5.91 Å². The van der Waals surface area contributed by atoms with Crippen LogP contribution in [0.3, 0.4) is 0 Å². The van der Waals surface area contributed by atoms with Crippen LogP contribution in [-0.2, 0) is 27.9 Å². The number of unbranched alkanes of at least 4 members (excludes halogenated alkanes) is 26. The zero-order valence-electron chi connectivity index (χ0n) is 37.5. The highest BCUT2D eigenvalue weighted by molar-refractivity contribution is 7.47. The smallest absolute Gasteiger partial charge is 0.463 e. The number of phosphoric acid groups is 1. The molecule has 3 N–H and O–H groups in total. The number of esters is 1. The van der Waals surface area contributed by atoms with Gasteiger partial charge in [-0.2, -0.15) is 0 Å². The lowest BCUT2D eigenvalue weighted by Gasteiger charge is -2.15. The molecule has 9 nitrogen and oxygen atoms in total. The van der Waals surface area contributed by atoms with Crippen molar-refractivity contribution in [2.24, 2.45) is 0 Å².